The first-order valence-corrected chi connectivity index (χ1v) is 21.6. The van der Waals surface area contributed by atoms with Gasteiger partial charge in [-0.15, -0.1) is 0 Å². The lowest BCUT2D eigenvalue weighted by atomic mass is 9.33. The van der Waals surface area contributed by atoms with Crippen molar-refractivity contribution in [2.45, 2.75) is 111 Å². The molecule has 2 N–H and O–H groups in total. The van der Waals surface area contributed by atoms with Gasteiger partial charge in [-0.05, 0) is 139 Å². The maximum atomic E-state index is 13.8. The highest BCUT2D eigenvalue weighted by Gasteiger charge is 2.70. The predicted molar refractivity (Wildman–Crippen MR) is 204 cm³/mol. The lowest BCUT2D eigenvalue weighted by Crippen LogP contribution is -2.68. The molecule has 0 spiro atoms. The smallest absolute Gasteiger partial charge is 0.335 e. The number of benzene rings is 1. The van der Waals surface area contributed by atoms with Gasteiger partial charge in [0.2, 0.25) is 5.91 Å². The van der Waals surface area contributed by atoms with Crippen LogP contribution in [0.5, 0.6) is 0 Å². The summed E-state index contributed by atoms with van der Waals surface area (Å²) in [4.78, 5) is 27.4. The second-order valence-electron chi connectivity index (χ2n) is 19.1. The van der Waals surface area contributed by atoms with Crippen LogP contribution >= 0.6 is 0 Å². The van der Waals surface area contributed by atoms with Gasteiger partial charge in [0.15, 0.2) is 9.84 Å². The Labute approximate surface area is 307 Å². The Kier molecular flexibility index (Phi) is 9.09. The summed E-state index contributed by atoms with van der Waals surface area (Å²) in [6, 6.07) is 7.51. The summed E-state index contributed by atoms with van der Waals surface area (Å²) in [6.45, 7) is 21.2. The topological polar surface area (TPSA) is 104 Å². The maximum Gasteiger partial charge on any atom is 0.335 e. The van der Waals surface area contributed by atoms with Crippen molar-refractivity contribution >= 4 is 27.3 Å². The molecule has 280 valence electrons. The van der Waals surface area contributed by atoms with Crippen molar-refractivity contribution in [1.82, 2.24) is 10.2 Å². The van der Waals surface area contributed by atoms with Gasteiger partial charge in [-0.3, -0.25) is 4.79 Å². The van der Waals surface area contributed by atoms with E-state index in [1.807, 2.05) is 12.1 Å². The Morgan fingerprint density at radius 3 is 2.24 bits per heavy atom. The first-order valence-electron chi connectivity index (χ1n) is 19.8. The Morgan fingerprint density at radius 1 is 0.902 bits per heavy atom. The first kappa shape index (κ1) is 36.9. The molecule has 0 radical (unpaired) electrons. The molecule has 3 unspecified atom stereocenters. The van der Waals surface area contributed by atoms with Gasteiger partial charge in [0, 0.05) is 31.6 Å². The molecule has 5 aliphatic carbocycles. The SMILES string of the molecule is C=C(C)[C@@H]1CC[C@]2(NC(=O)CCN3CCS(=O)(=O)CC3)CC[C@]3(C)[C@H](CCC4[C@@]5(C)CC=C(c6ccc(C(=O)O)cc6)C(C)(C)C5CC[C@]43C)C12. The summed E-state index contributed by atoms with van der Waals surface area (Å²) >= 11 is 0. The molecule has 6 aliphatic rings. The zero-order chi connectivity index (χ0) is 36.8. The lowest BCUT2D eigenvalue weighted by Gasteiger charge is -2.72. The van der Waals surface area contributed by atoms with Gasteiger partial charge in [0.25, 0.3) is 0 Å². The van der Waals surface area contributed by atoms with Crippen LogP contribution in [0, 0.1) is 51.2 Å². The number of nitrogens with one attached hydrogen (secondary N) is 1. The lowest BCUT2D eigenvalue weighted by molar-refractivity contribution is -0.219. The van der Waals surface area contributed by atoms with Gasteiger partial charge in [0.1, 0.15) is 0 Å². The van der Waals surface area contributed by atoms with E-state index in [0.29, 0.717) is 61.2 Å². The number of carboxylic acid groups (broad SMARTS) is 1. The largest absolute Gasteiger partial charge is 0.478 e. The van der Waals surface area contributed by atoms with Crippen molar-refractivity contribution in [3.63, 3.8) is 0 Å². The van der Waals surface area contributed by atoms with Crippen LogP contribution in [-0.4, -0.2) is 67.0 Å². The monoisotopic (exact) mass is 718 g/mol. The van der Waals surface area contributed by atoms with Crippen LogP contribution in [-0.2, 0) is 14.6 Å². The average Bonchev–Trinajstić information content (AvgIpc) is 3.44. The molecular formula is C43H62N2O5S. The zero-order valence-corrected chi connectivity index (χ0v) is 32.8. The number of amides is 1. The van der Waals surface area contributed by atoms with Crippen molar-refractivity contribution in [2.24, 2.45) is 51.2 Å². The number of allylic oxidation sites excluding steroid dienone is 3. The molecule has 1 saturated heterocycles. The number of fused-ring (bicyclic) bond motifs is 7. The Hall–Kier alpha value is -2.45. The molecule has 7 rings (SSSR count). The van der Waals surface area contributed by atoms with Gasteiger partial charge >= 0.3 is 5.97 Å². The van der Waals surface area contributed by atoms with E-state index in [-0.39, 0.29) is 44.6 Å². The number of sulfone groups is 1. The second-order valence-corrected chi connectivity index (χ2v) is 21.4. The summed E-state index contributed by atoms with van der Waals surface area (Å²) in [5, 5.41) is 13.2. The van der Waals surface area contributed by atoms with Crippen LogP contribution in [0.4, 0.5) is 0 Å². The summed E-state index contributed by atoms with van der Waals surface area (Å²) in [6.07, 6.45) is 13.1. The van der Waals surface area contributed by atoms with E-state index in [1.165, 1.54) is 36.8 Å². The van der Waals surface area contributed by atoms with Gasteiger partial charge in [-0.25, -0.2) is 13.2 Å². The molecule has 1 heterocycles. The Bertz CT molecular complexity index is 1720. The van der Waals surface area contributed by atoms with E-state index >= 15 is 0 Å². The van der Waals surface area contributed by atoms with Crippen LogP contribution in [0.25, 0.3) is 5.57 Å². The van der Waals surface area contributed by atoms with Crippen molar-refractivity contribution in [2.75, 3.05) is 31.1 Å². The molecular weight excluding hydrogens is 657 g/mol. The number of hydrogen-bond donors (Lipinski definition) is 2. The van der Waals surface area contributed by atoms with E-state index in [2.05, 4.69) is 64.4 Å². The summed E-state index contributed by atoms with van der Waals surface area (Å²) in [7, 11) is -2.94. The number of rotatable bonds is 7. The Balaban J connectivity index is 1.14. The van der Waals surface area contributed by atoms with Crippen LogP contribution in [0.2, 0.25) is 0 Å². The highest BCUT2D eigenvalue weighted by molar-refractivity contribution is 7.91. The van der Waals surface area contributed by atoms with Crippen LogP contribution < -0.4 is 5.32 Å². The third-order valence-corrected chi connectivity index (χ3v) is 18.2. The number of hydrogen-bond acceptors (Lipinski definition) is 5. The van der Waals surface area contributed by atoms with Crippen molar-refractivity contribution in [3.05, 3.63) is 53.6 Å². The van der Waals surface area contributed by atoms with E-state index in [4.69, 9.17) is 0 Å². The molecule has 1 aromatic carbocycles. The van der Waals surface area contributed by atoms with Crippen molar-refractivity contribution in [3.8, 4) is 0 Å². The summed E-state index contributed by atoms with van der Waals surface area (Å²) in [5.74, 6) is 2.11. The molecule has 9 atom stereocenters. The molecule has 1 aromatic rings. The van der Waals surface area contributed by atoms with Gasteiger partial charge in [0.05, 0.1) is 17.1 Å². The molecule has 51 heavy (non-hydrogen) atoms. The average molecular weight is 719 g/mol. The minimum Gasteiger partial charge on any atom is -0.478 e. The highest BCUT2D eigenvalue weighted by atomic mass is 32.2. The van der Waals surface area contributed by atoms with Gasteiger partial charge in [-0.2, -0.15) is 0 Å². The number of carboxylic acids is 1. The standard InChI is InChI=1S/C43H62N2O5S/c1-28(2)31-14-20-43(44-36(46)17-23-45-24-26-51(49,50)27-25-45)22-21-41(6)33(37(31)43)12-13-35-40(5)18-15-32(29-8-10-30(11-9-29)38(47)48)39(3,4)34(40)16-19-42(35,41)7/h8-11,15,31,33-35,37H,1,12-14,16-27H2,2-7H3,(H,44,46)(H,47,48)/t31-,33+,34?,35?,37?,40-,41+,42+,43-/m0/s1. The molecule has 4 saturated carbocycles. The number of carbonyl (C=O) groups excluding carboxylic acids is 1. The molecule has 7 nitrogen and oxygen atoms in total. The van der Waals surface area contributed by atoms with Crippen LogP contribution in [0.15, 0.2) is 42.5 Å². The summed E-state index contributed by atoms with van der Waals surface area (Å²) < 4.78 is 23.9. The highest BCUT2D eigenvalue weighted by Crippen LogP contribution is 2.76. The molecule has 5 fully saturated rings. The third kappa shape index (κ3) is 5.79. The van der Waals surface area contributed by atoms with Gasteiger partial charge < -0.3 is 15.3 Å². The Morgan fingerprint density at radius 2 is 1.59 bits per heavy atom. The van der Waals surface area contributed by atoms with E-state index in [0.717, 1.165) is 37.7 Å². The first-order chi connectivity index (χ1) is 23.9. The molecule has 1 amide bonds. The van der Waals surface area contributed by atoms with E-state index in [1.54, 1.807) is 12.1 Å². The molecule has 8 heteroatoms. The molecule has 1 aliphatic heterocycles. The third-order valence-electron chi connectivity index (χ3n) is 16.6. The van der Waals surface area contributed by atoms with Crippen LogP contribution in [0.1, 0.15) is 122 Å². The van der Waals surface area contributed by atoms with Gasteiger partial charge in [-0.1, -0.05) is 65.0 Å². The van der Waals surface area contributed by atoms with E-state index < -0.39 is 15.8 Å². The fraction of sp³-hybridized carbons (Fsp3) is 0.721. The molecule has 0 bridgehead atoms. The van der Waals surface area contributed by atoms with Crippen molar-refractivity contribution in [1.29, 1.82) is 0 Å². The molecule has 0 aromatic heterocycles. The van der Waals surface area contributed by atoms with Crippen LogP contribution in [0.3, 0.4) is 0 Å². The predicted octanol–water partition coefficient (Wildman–Crippen LogP) is 8.02. The number of carbonyl (C=O) groups is 2. The normalized spacial score (nSPS) is 41.2. The minimum atomic E-state index is -2.94. The quantitative estimate of drug-likeness (QED) is 0.277. The minimum absolute atomic E-state index is 0.0260. The fourth-order valence-corrected chi connectivity index (χ4v) is 15.1. The van der Waals surface area contributed by atoms with E-state index in [9.17, 15) is 23.1 Å². The number of nitrogens with zero attached hydrogens (tertiary/aromatic N) is 1. The summed E-state index contributed by atoms with van der Waals surface area (Å²) in [5.41, 5.74) is 4.43. The maximum absolute atomic E-state index is 13.8. The number of aromatic carboxylic acids is 1. The second kappa shape index (κ2) is 12.6. The van der Waals surface area contributed by atoms with Crippen molar-refractivity contribution < 1.29 is 23.1 Å². The zero-order valence-electron chi connectivity index (χ0n) is 32.0. The fourth-order valence-electron chi connectivity index (χ4n) is 13.8.